The fraction of sp³-hybridized carbons (Fsp3) is 0.0769. The highest BCUT2D eigenvalue weighted by atomic mass is 32.1. The largest absolute Gasteiger partial charge is 0.453 e. The molecule has 278 valence electrons. The summed E-state index contributed by atoms with van der Waals surface area (Å²) in [7, 11) is 2.21. The first-order valence-electron chi connectivity index (χ1n) is 19.9. The van der Waals surface area contributed by atoms with E-state index in [4.69, 9.17) is 4.42 Å². The van der Waals surface area contributed by atoms with Crippen LogP contribution in [0.2, 0.25) is 0 Å². The van der Waals surface area contributed by atoms with E-state index >= 15 is 0 Å². The number of benzene rings is 8. The normalized spacial score (nSPS) is 17.7. The van der Waals surface area contributed by atoms with Crippen LogP contribution in [0, 0.1) is 0 Å². The van der Waals surface area contributed by atoms with Crippen molar-refractivity contribution in [3.63, 3.8) is 0 Å². The average Bonchev–Trinajstić information content (AvgIpc) is 3.97. The van der Waals surface area contributed by atoms with Crippen molar-refractivity contribution in [1.82, 2.24) is 20.1 Å². The summed E-state index contributed by atoms with van der Waals surface area (Å²) in [5.74, 6) is 0. The molecule has 8 aromatic carbocycles. The van der Waals surface area contributed by atoms with E-state index in [9.17, 15) is 0 Å². The fourth-order valence-electron chi connectivity index (χ4n) is 9.50. The minimum Gasteiger partial charge on any atom is -0.453 e. The van der Waals surface area contributed by atoms with E-state index < -0.39 is 0 Å². The SMILES string of the molecule is CN1C(c2ccccc2)NC(c2ccccc2)NC1c1ccc2sc3cccc(-c4cccc5c4oc4c(-n6c7ccccc7c7ccccc76)cccc45)c3c2c1. The number of hydrogen-bond acceptors (Lipinski definition) is 5. The van der Waals surface area contributed by atoms with Crippen LogP contribution in [0.1, 0.15) is 35.2 Å². The minimum absolute atomic E-state index is 0.0150. The molecule has 1 aliphatic rings. The van der Waals surface area contributed by atoms with Gasteiger partial charge in [-0.3, -0.25) is 15.5 Å². The molecule has 12 rings (SSSR count). The van der Waals surface area contributed by atoms with Gasteiger partial charge in [0.15, 0.2) is 5.58 Å². The summed E-state index contributed by atoms with van der Waals surface area (Å²) >= 11 is 1.85. The summed E-state index contributed by atoms with van der Waals surface area (Å²) in [5, 5.41) is 15.1. The van der Waals surface area contributed by atoms with Gasteiger partial charge in [-0.05, 0) is 65.7 Å². The smallest absolute Gasteiger partial charge is 0.159 e. The van der Waals surface area contributed by atoms with E-state index in [0.717, 1.165) is 33.2 Å². The maximum Gasteiger partial charge on any atom is 0.159 e. The number of thiophene rings is 1. The summed E-state index contributed by atoms with van der Waals surface area (Å²) in [5.41, 5.74) is 11.1. The lowest BCUT2D eigenvalue weighted by atomic mass is 9.96. The van der Waals surface area contributed by atoms with Crippen molar-refractivity contribution in [3.05, 3.63) is 199 Å². The first-order valence-corrected chi connectivity index (χ1v) is 20.7. The molecule has 0 radical (unpaired) electrons. The van der Waals surface area contributed by atoms with E-state index in [0.29, 0.717) is 0 Å². The maximum atomic E-state index is 7.13. The molecule has 0 aliphatic carbocycles. The zero-order chi connectivity index (χ0) is 38.3. The molecule has 3 atom stereocenters. The number of rotatable bonds is 5. The molecule has 1 saturated heterocycles. The molecule has 11 aromatic rings. The lowest BCUT2D eigenvalue weighted by Crippen LogP contribution is -2.54. The van der Waals surface area contributed by atoms with Crippen LogP contribution in [0.15, 0.2) is 186 Å². The summed E-state index contributed by atoms with van der Waals surface area (Å²) in [6.07, 6.45) is -0.0568. The molecule has 2 N–H and O–H groups in total. The molecule has 4 heterocycles. The van der Waals surface area contributed by atoms with Crippen LogP contribution in [0.5, 0.6) is 0 Å². The average molecular weight is 767 g/mol. The number of aromatic nitrogens is 1. The molecule has 5 nitrogen and oxygen atoms in total. The Kier molecular flexibility index (Phi) is 7.68. The van der Waals surface area contributed by atoms with Gasteiger partial charge in [0.05, 0.1) is 35.2 Å². The Bertz CT molecular complexity index is 3290. The van der Waals surface area contributed by atoms with Crippen LogP contribution < -0.4 is 10.6 Å². The zero-order valence-electron chi connectivity index (χ0n) is 31.8. The highest BCUT2D eigenvalue weighted by Crippen LogP contribution is 2.46. The molecule has 3 aromatic heterocycles. The molecule has 0 saturated carbocycles. The zero-order valence-corrected chi connectivity index (χ0v) is 32.6. The van der Waals surface area contributed by atoms with Gasteiger partial charge in [-0.2, -0.15) is 0 Å². The number of fused-ring (bicyclic) bond motifs is 9. The van der Waals surface area contributed by atoms with E-state index in [1.807, 2.05) is 11.3 Å². The molecule has 1 fully saturated rings. The molecule has 3 unspecified atom stereocenters. The quantitative estimate of drug-likeness (QED) is 0.183. The van der Waals surface area contributed by atoms with Crippen LogP contribution in [0.4, 0.5) is 0 Å². The number of para-hydroxylation sites is 4. The van der Waals surface area contributed by atoms with Crippen LogP contribution in [-0.4, -0.2) is 16.5 Å². The Hall–Kier alpha value is -6.54. The van der Waals surface area contributed by atoms with Gasteiger partial charge in [0.1, 0.15) is 5.58 Å². The van der Waals surface area contributed by atoms with E-state index in [2.05, 4.69) is 209 Å². The highest BCUT2D eigenvalue weighted by molar-refractivity contribution is 7.26. The molecule has 1 aliphatic heterocycles. The second-order valence-electron chi connectivity index (χ2n) is 15.4. The summed E-state index contributed by atoms with van der Waals surface area (Å²) in [6, 6.07) is 65.7. The van der Waals surface area contributed by atoms with Crippen molar-refractivity contribution in [2.45, 2.75) is 18.5 Å². The topological polar surface area (TPSA) is 45.4 Å². The molecule has 0 spiro atoms. The van der Waals surface area contributed by atoms with Crippen molar-refractivity contribution in [1.29, 1.82) is 0 Å². The van der Waals surface area contributed by atoms with Crippen molar-refractivity contribution < 1.29 is 4.42 Å². The first kappa shape index (κ1) is 33.6. The van der Waals surface area contributed by atoms with Crippen molar-refractivity contribution in [2.75, 3.05) is 7.05 Å². The van der Waals surface area contributed by atoms with Crippen molar-refractivity contribution in [3.8, 4) is 16.8 Å². The Labute approximate surface area is 339 Å². The lowest BCUT2D eigenvalue weighted by Gasteiger charge is -2.45. The molecule has 0 bridgehead atoms. The molecule has 6 heteroatoms. The van der Waals surface area contributed by atoms with Gasteiger partial charge < -0.3 is 8.98 Å². The minimum atomic E-state index is -0.0405. The third-order valence-corrected chi connectivity index (χ3v) is 13.3. The third-order valence-electron chi connectivity index (χ3n) is 12.2. The number of hydrogen-bond donors (Lipinski definition) is 2. The predicted molar refractivity (Wildman–Crippen MR) is 242 cm³/mol. The standard InChI is InChI=1S/C52H38N4OS/c1-55-51(33-17-6-3-7-18-33)53-50(32-15-4-2-5-16-32)54-52(55)34-29-30-45-41(31-34)47-37(21-14-28-46(47)58-45)38-22-12-23-39-40-24-13-27-44(49(40)57-48(38)39)56-42-25-10-8-19-35(42)36-20-9-11-26-43(36)56/h2-31,50-54H,1H3. The molecule has 58 heavy (non-hydrogen) atoms. The van der Waals surface area contributed by atoms with Gasteiger partial charge >= 0.3 is 0 Å². The summed E-state index contributed by atoms with van der Waals surface area (Å²) in [4.78, 5) is 2.41. The van der Waals surface area contributed by atoms with Gasteiger partial charge in [0.2, 0.25) is 0 Å². The van der Waals surface area contributed by atoms with Crippen LogP contribution in [0.25, 0.3) is 80.7 Å². The number of nitrogens with one attached hydrogen (secondary N) is 2. The first-order chi connectivity index (χ1) is 28.7. The fourth-order valence-corrected chi connectivity index (χ4v) is 10.6. The monoisotopic (exact) mass is 766 g/mol. The second kappa shape index (κ2) is 13.3. The van der Waals surface area contributed by atoms with Crippen LogP contribution in [-0.2, 0) is 0 Å². The van der Waals surface area contributed by atoms with Gasteiger partial charge in [-0.25, -0.2) is 0 Å². The summed E-state index contributed by atoms with van der Waals surface area (Å²) < 4.78 is 12.0. The van der Waals surface area contributed by atoms with Crippen LogP contribution in [0.3, 0.4) is 0 Å². The van der Waals surface area contributed by atoms with Crippen molar-refractivity contribution >= 4 is 75.3 Å². The third kappa shape index (κ3) is 5.13. The highest BCUT2D eigenvalue weighted by Gasteiger charge is 2.35. The Morgan fingerprint density at radius 2 is 1.05 bits per heavy atom. The van der Waals surface area contributed by atoms with E-state index in [-0.39, 0.29) is 18.5 Å². The Morgan fingerprint density at radius 1 is 0.466 bits per heavy atom. The van der Waals surface area contributed by atoms with E-state index in [1.165, 1.54) is 64.2 Å². The number of furan rings is 1. The second-order valence-corrected chi connectivity index (χ2v) is 16.5. The molecule has 0 amide bonds. The van der Waals surface area contributed by atoms with Crippen molar-refractivity contribution in [2.24, 2.45) is 0 Å². The number of nitrogens with zero attached hydrogens (tertiary/aromatic N) is 2. The molecular formula is C52H38N4OS. The van der Waals surface area contributed by atoms with E-state index in [1.54, 1.807) is 0 Å². The van der Waals surface area contributed by atoms with Gasteiger partial charge in [0, 0.05) is 47.3 Å². The maximum absolute atomic E-state index is 7.13. The van der Waals surface area contributed by atoms with Gasteiger partial charge in [-0.15, -0.1) is 11.3 Å². The van der Waals surface area contributed by atoms with Crippen LogP contribution >= 0.6 is 11.3 Å². The Morgan fingerprint density at radius 3 is 1.79 bits per heavy atom. The van der Waals surface area contributed by atoms with Gasteiger partial charge in [0.25, 0.3) is 0 Å². The Balaban J connectivity index is 1.03. The predicted octanol–water partition coefficient (Wildman–Crippen LogP) is 13.2. The lowest BCUT2D eigenvalue weighted by molar-refractivity contribution is 0.0416. The molecular weight excluding hydrogens is 729 g/mol. The van der Waals surface area contributed by atoms with Gasteiger partial charge in [-0.1, -0.05) is 146 Å². The summed E-state index contributed by atoms with van der Waals surface area (Å²) in [6.45, 7) is 0.